The number of aromatic amines is 1. The molecule has 0 saturated heterocycles. The summed E-state index contributed by atoms with van der Waals surface area (Å²) in [4.78, 5) is 7.85. The van der Waals surface area contributed by atoms with E-state index in [1.165, 1.54) is 0 Å². The molecule has 0 aliphatic rings. The molecule has 0 amide bonds. The summed E-state index contributed by atoms with van der Waals surface area (Å²) in [6.45, 7) is 0.461. The summed E-state index contributed by atoms with van der Waals surface area (Å²) >= 11 is 11.9. The van der Waals surface area contributed by atoms with Crippen molar-refractivity contribution in [2.75, 3.05) is 0 Å². The molecule has 0 saturated carbocycles. The first-order chi connectivity index (χ1) is 9.19. The summed E-state index contributed by atoms with van der Waals surface area (Å²) in [6.07, 6.45) is 0. The lowest BCUT2D eigenvalue weighted by Crippen LogP contribution is -1.96. The second-order valence-corrected chi connectivity index (χ2v) is 5.05. The van der Waals surface area contributed by atoms with Gasteiger partial charge in [-0.25, -0.2) is 4.98 Å². The van der Waals surface area contributed by atoms with Crippen LogP contribution in [0.4, 0.5) is 0 Å². The zero-order valence-electron chi connectivity index (χ0n) is 9.95. The monoisotopic (exact) mass is 291 g/mol. The van der Waals surface area contributed by atoms with Crippen molar-refractivity contribution in [1.82, 2.24) is 9.97 Å². The van der Waals surface area contributed by atoms with Crippen molar-refractivity contribution in [3.8, 4) is 11.4 Å². The molecule has 3 N–H and O–H groups in total. The first-order valence-electron chi connectivity index (χ1n) is 5.82. The van der Waals surface area contributed by atoms with Crippen LogP contribution in [0.15, 0.2) is 36.4 Å². The summed E-state index contributed by atoms with van der Waals surface area (Å²) < 4.78 is 0. The van der Waals surface area contributed by atoms with Crippen LogP contribution in [0.1, 0.15) is 5.56 Å². The topological polar surface area (TPSA) is 54.7 Å². The predicted octanol–water partition coefficient (Wildman–Crippen LogP) is 4.00. The van der Waals surface area contributed by atoms with E-state index in [9.17, 15) is 0 Å². The number of fused-ring (bicyclic) bond motifs is 1. The van der Waals surface area contributed by atoms with Gasteiger partial charge in [0.1, 0.15) is 5.82 Å². The average molecular weight is 292 g/mol. The predicted molar refractivity (Wildman–Crippen MR) is 79.4 cm³/mol. The molecule has 0 unspecified atom stereocenters. The van der Waals surface area contributed by atoms with Gasteiger partial charge in [-0.05, 0) is 29.8 Å². The highest BCUT2D eigenvalue weighted by molar-refractivity contribution is 6.42. The maximum absolute atomic E-state index is 6.03. The molecule has 0 fully saturated rings. The molecule has 19 heavy (non-hydrogen) atoms. The quantitative estimate of drug-likeness (QED) is 0.750. The van der Waals surface area contributed by atoms with E-state index in [0.29, 0.717) is 16.6 Å². The van der Waals surface area contributed by atoms with E-state index < -0.39 is 0 Å². The van der Waals surface area contributed by atoms with Crippen LogP contribution in [0, 0.1) is 0 Å². The average Bonchev–Trinajstić information content (AvgIpc) is 2.85. The molecule has 0 spiro atoms. The number of H-pyrrole nitrogens is 1. The van der Waals surface area contributed by atoms with Gasteiger partial charge in [-0.3, -0.25) is 0 Å². The van der Waals surface area contributed by atoms with Crippen LogP contribution in [0.2, 0.25) is 10.0 Å². The fraction of sp³-hybridized carbons (Fsp3) is 0.0714. The molecule has 5 heteroatoms. The fourth-order valence-corrected chi connectivity index (χ4v) is 2.33. The molecule has 96 valence electrons. The molecule has 3 nitrogen and oxygen atoms in total. The van der Waals surface area contributed by atoms with Gasteiger partial charge in [-0.15, -0.1) is 0 Å². The standard InChI is InChI=1S/C14H11Cl2N3/c15-10-5-4-8(6-11(10)16)14-18-12-3-1-2-9(7-17)13(12)19-14/h1-6H,7,17H2,(H,18,19). The van der Waals surface area contributed by atoms with Gasteiger partial charge in [-0.1, -0.05) is 35.3 Å². The molecular formula is C14H11Cl2N3. The van der Waals surface area contributed by atoms with Gasteiger partial charge in [0.2, 0.25) is 0 Å². The first-order valence-corrected chi connectivity index (χ1v) is 6.57. The number of benzene rings is 2. The summed E-state index contributed by atoms with van der Waals surface area (Å²) in [7, 11) is 0. The third kappa shape index (κ3) is 2.21. The lowest BCUT2D eigenvalue weighted by atomic mass is 10.2. The van der Waals surface area contributed by atoms with Crippen LogP contribution in [-0.2, 0) is 6.54 Å². The highest BCUT2D eigenvalue weighted by Crippen LogP contribution is 2.28. The number of nitrogens with two attached hydrogens (primary N) is 1. The second kappa shape index (κ2) is 4.85. The van der Waals surface area contributed by atoms with Crippen LogP contribution in [-0.4, -0.2) is 9.97 Å². The maximum Gasteiger partial charge on any atom is 0.138 e. The highest BCUT2D eigenvalue weighted by Gasteiger charge is 2.09. The van der Waals surface area contributed by atoms with E-state index in [0.717, 1.165) is 28.0 Å². The minimum atomic E-state index is 0.461. The van der Waals surface area contributed by atoms with Gasteiger partial charge in [0.15, 0.2) is 0 Å². The Bertz CT molecular complexity index is 750. The lowest BCUT2D eigenvalue weighted by molar-refractivity contribution is 1.08. The molecule has 2 aromatic carbocycles. The van der Waals surface area contributed by atoms with Crippen molar-refractivity contribution in [2.45, 2.75) is 6.54 Å². The molecule has 0 bridgehead atoms. The number of para-hydroxylation sites is 1. The molecule has 0 aliphatic carbocycles. The zero-order valence-corrected chi connectivity index (χ0v) is 11.5. The van der Waals surface area contributed by atoms with Gasteiger partial charge < -0.3 is 10.7 Å². The van der Waals surface area contributed by atoms with Crippen molar-refractivity contribution in [3.63, 3.8) is 0 Å². The summed E-state index contributed by atoms with van der Waals surface area (Å²) in [6, 6.07) is 11.3. The number of halogens is 2. The Labute approximate surface area is 120 Å². The number of hydrogen-bond donors (Lipinski definition) is 2. The van der Waals surface area contributed by atoms with Crippen LogP contribution >= 0.6 is 23.2 Å². The molecule has 1 heterocycles. The molecule has 0 atom stereocenters. The van der Waals surface area contributed by atoms with Crippen molar-refractivity contribution in [1.29, 1.82) is 0 Å². The second-order valence-electron chi connectivity index (χ2n) is 4.23. The van der Waals surface area contributed by atoms with Gasteiger partial charge >= 0.3 is 0 Å². The van der Waals surface area contributed by atoms with E-state index in [1.54, 1.807) is 12.1 Å². The molecule has 1 aromatic heterocycles. The number of aromatic nitrogens is 2. The number of rotatable bonds is 2. The molecule has 3 rings (SSSR count). The summed E-state index contributed by atoms with van der Waals surface area (Å²) in [5.41, 5.74) is 9.48. The van der Waals surface area contributed by atoms with Crippen molar-refractivity contribution in [3.05, 3.63) is 52.0 Å². The van der Waals surface area contributed by atoms with Crippen molar-refractivity contribution < 1.29 is 0 Å². The van der Waals surface area contributed by atoms with Crippen LogP contribution in [0.5, 0.6) is 0 Å². The SMILES string of the molecule is NCc1cccc2[nH]c(-c3ccc(Cl)c(Cl)c3)nc12. The Morgan fingerprint density at radius 3 is 2.68 bits per heavy atom. The smallest absolute Gasteiger partial charge is 0.138 e. The Morgan fingerprint density at radius 1 is 1.11 bits per heavy atom. The number of hydrogen-bond acceptors (Lipinski definition) is 2. The third-order valence-corrected chi connectivity index (χ3v) is 3.75. The van der Waals surface area contributed by atoms with E-state index in [4.69, 9.17) is 28.9 Å². The Hall–Kier alpha value is -1.55. The molecular weight excluding hydrogens is 281 g/mol. The van der Waals surface area contributed by atoms with Crippen LogP contribution in [0.25, 0.3) is 22.4 Å². The van der Waals surface area contributed by atoms with Gasteiger partial charge in [0.05, 0.1) is 21.1 Å². The lowest BCUT2D eigenvalue weighted by Gasteiger charge is -1.99. The fourth-order valence-electron chi connectivity index (χ4n) is 2.04. The van der Waals surface area contributed by atoms with E-state index in [1.807, 2.05) is 24.3 Å². The van der Waals surface area contributed by atoms with E-state index >= 15 is 0 Å². The Balaban J connectivity index is 2.17. The zero-order chi connectivity index (χ0) is 13.4. The Kier molecular flexibility index (Phi) is 3.19. The van der Waals surface area contributed by atoms with Crippen LogP contribution < -0.4 is 5.73 Å². The van der Waals surface area contributed by atoms with E-state index in [-0.39, 0.29) is 0 Å². The summed E-state index contributed by atoms with van der Waals surface area (Å²) in [5.74, 6) is 0.759. The molecule has 3 aromatic rings. The summed E-state index contributed by atoms with van der Waals surface area (Å²) in [5, 5.41) is 1.04. The Morgan fingerprint density at radius 2 is 1.95 bits per heavy atom. The minimum Gasteiger partial charge on any atom is -0.338 e. The van der Waals surface area contributed by atoms with Gasteiger partial charge in [0.25, 0.3) is 0 Å². The number of nitrogens with zero attached hydrogens (tertiary/aromatic N) is 1. The van der Waals surface area contributed by atoms with Crippen molar-refractivity contribution >= 4 is 34.2 Å². The first kappa shape index (κ1) is 12.5. The van der Waals surface area contributed by atoms with Gasteiger partial charge in [-0.2, -0.15) is 0 Å². The maximum atomic E-state index is 6.03. The third-order valence-electron chi connectivity index (χ3n) is 3.01. The minimum absolute atomic E-state index is 0.461. The van der Waals surface area contributed by atoms with Crippen LogP contribution in [0.3, 0.4) is 0 Å². The number of imidazole rings is 1. The largest absolute Gasteiger partial charge is 0.338 e. The molecule has 0 radical (unpaired) electrons. The normalized spacial score (nSPS) is 11.1. The van der Waals surface area contributed by atoms with Gasteiger partial charge in [0, 0.05) is 12.1 Å². The van der Waals surface area contributed by atoms with E-state index in [2.05, 4.69) is 9.97 Å². The molecule has 0 aliphatic heterocycles. The number of nitrogens with one attached hydrogen (secondary N) is 1. The highest BCUT2D eigenvalue weighted by atomic mass is 35.5. The van der Waals surface area contributed by atoms with Crippen molar-refractivity contribution in [2.24, 2.45) is 5.73 Å².